The van der Waals surface area contributed by atoms with Crippen LogP contribution in [0.4, 0.5) is 10.5 Å². The van der Waals surface area contributed by atoms with Crippen molar-refractivity contribution in [3.05, 3.63) is 53.1 Å². The highest BCUT2D eigenvalue weighted by atomic mass is 127. The van der Waals surface area contributed by atoms with Gasteiger partial charge in [-0.15, -0.1) is 0 Å². The molecule has 1 amide bonds. The van der Waals surface area contributed by atoms with Gasteiger partial charge >= 0.3 is 6.09 Å². The van der Waals surface area contributed by atoms with Gasteiger partial charge in [0, 0.05) is 11.5 Å². The predicted octanol–water partition coefficient (Wildman–Crippen LogP) is 5.45. The van der Waals surface area contributed by atoms with E-state index >= 15 is 0 Å². The molecule has 0 radical (unpaired) electrons. The van der Waals surface area contributed by atoms with Crippen LogP contribution in [0, 0.1) is 0 Å². The maximum atomic E-state index is 11.1. The molecule has 0 unspecified atom stereocenters. The molecule has 0 aliphatic rings. The largest absolute Gasteiger partial charge is 0.465 e. The van der Waals surface area contributed by atoms with E-state index in [1.54, 1.807) is 7.05 Å². The Morgan fingerprint density at radius 3 is 2.55 bits per heavy atom. The van der Waals surface area contributed by atoms with Crippen molar-refractivity contribution in [1.82, 2.24) is 0 Å². The van der Waals surface area contributed by atoms with Crippen molar-refractivity contribution in [2.45, 2.75) is 33.1 Å². The number of benzene rings is 1. The smallest absolute Gasteiger partial charge is 0.411 e. The molecular formula is C18H24INO2. The first-order chi connectivity index (χ1) is 10.5. The van der Waals surface area contributed by atoms with E-state index in [0.717, 1.165) is 34.9 Å². The molecule has 3 nitrogen and oxygen atoms in total. The van der Waals surface area contributed by atoms with Gasteiger partial charge in [0.25, 0.3) is 0 Å². The van der Waals surface area contributed by atoms with Crippen LogP contribution in [0.2, 0.25) is 0 Å². The molecule has 0 fully saturated rings. The van der Waals surface area contributed by atoms with E-state index in [4.69, 9.17) is 5.11 Å². The van der Waals surface area contributed by atoms with Crippen molar-refractivity contribution in [3.8, 4) is 0 Å². The van der Waals surface area contributed by atoms with E-state index < -0.39 is 6.09 Å². The molecule has 0 saturated heterocycles. The molecule has 0 aliphatic heterocycles. The van der Waals surface area contributed by atoms with Crippen LogP contribution in [0.3, 0.4) is 0 Å². The van der Waals surface area contributed by atoms with E-state index in [1.165, 1.54) is 16.0 Å². The molecule has 1 N–H and O–H groups in total. The normalized spacial score (nSPS) is 12.4. The lowest BCUT2D eigenvalue weighted by molar-refractivity contribution is 0.203. The predicted molar refractivity (Wildman–Crippen MR) is 102 cm³/mol. The topological polar surface area (TPSA) is 40.5 Å². The van der Waals surface area contributed by atoms with Crippen LogP contribution in [0.1, 0.15) is 32.3 Å². The van der Waals surface area contributed by atoms with Gasteiger partial charge in [-0.25, -0.2) is 4.79 Å². The van der Waals surface area contributed by atoms with Crippen LogP contribution in [0.25, 0.3) is 0 Å². The molecule has 22 heavy (non-hydrogen) atoms. The summed E-state index contributed by atoms with van der Waals surface area (Å²) in [5.74, 6) is 0. The Morgan fingerprint density at radius 2 is 1.91 bits per heavy atom. The van der Waals surface area contributed by atoms with Gasteiger partial charge in [0.2, 0.25) is 0 Å². The highest BCUT2D eigenvalue weighted by molar-refractivity contribution is 14.1. The zero-order valence-electron chi connectivity index (χ0n) is 13.5. The van der Waals surface area contributed by atoms with Crippen LogP contribution < -0.4 is 4.90 Å². The monoisotopic (exact) mass is 413 g/mol. The Hall–Kier alpha value is -1.30. The van der Waals surface area contributed by atoms with Crippen LogP contribution in [-0.4, -0.2) is 22.7 Å². The van der Waals surface area contributed by atoms with E-state index in [-0.39, 0.29) is 0 Å². The van der Waals surface area contributed by atoms with Crippen LogP contribution in [0.5, 0.6) is 0 Å². The first-order valence-corrected chi connectivity index (χ1v) is 8.90. The maximum absolute atomic E-state index is 11.1. The molecule has 120 valence electrons. The van der Waals surface area contributed by atoms with Gasteiger partial charge in [-0.3, -0.25) is 4.90 Å². The Kier molecular flexibility index (Phi) is 8.24. The Labute approximate surface area is 146 Å². The fourth-order valence-corrected chi connectivity index (χ4v) is 2.41. The number of anilines is 1. The van der Waals surface area contributed by atoms with Crippen LogP contribution >= 0.6 is 22.6 Å². The number of nitrogens with zero attached hydrogens (tertiary/aromatic N) is 1. The molecule has 0 spiro atoms. The molecule has 0 heterocycles. The second-order valence-electron chi connectivity index (χ2n) is 5.45. The first-order valence-electron chi connectivity index (χ1n) is 7.37. The quantitative estimate of drug-likeness (QED) is 0.367. The Morgan fingerprint density at radius 1 is 1.23 bits per heavy atom. The molecule has 1 rings (SSSR count). The minimum absolute atomic E-state index is 0.750. The summed E-state index contributed by atoms with van der Waals surface area (Å²) in [5.41, 5.74) is 4.54. The first kappa shape index (κ1) is 18.7. The molecule has 0 bridgehead atoms. The lowest BCUT2D eigenvalue weighted by Crippen LogP contribution is -2.24. The fourth-order valence-electron chi connectivity index (χ4n) is 2.10. The standard InChI is InChI=1S/C18H24INO2/c1-14(7-6-8-15(2)13-19)11-12-16-9-4-5-10-17(16)20(3)18(21)22/h4-5,8-11H,6-7,12-13H2,1-3H3,(H,21,22)/b14-11+,15-8+. The number of amides is 1. The number of hydrogen-bond acceptors (Lipinski definition) is 1. The van der Waals surface area contributed by atoms with Gasteiger partial charge in [0.1, 0.15) is 0 Å². The lowest BCUT2D eigenvalue weighted by Gasteiger charge is -2.16. The summed E-state index contributed by atoms with van der Waals surface area (Å²) in [6, 6.07) is 7.65. The summed E-state index contributed by atoms with van der Waals surface area (Å²) in [4.78, 5) is 12.4. The number of halogens is 1. The second-order valence-corrected chi connectivity index (χ2v) is 6.21. The van der Waals surface area contributed by atoms with Crippen LogP contribution in [-0.2, 0) is 6.42 Å². The number of hydrogen-bond donors (Lipinski definition) is 1. The number of allylic oxidation sites excluding steroid dienone is 4. The van der Waals surface area contributed by atoms with Crippen molar-refractivity contribution in [1.29, 1.82) is 0 Å². The zero-order chi connectivity index (χ0) is 16.5. The maximum Gasteiger partial charge on any atom is 0.411 e. The van der Waals surface area contributed by atoms with Gasteiger partial charge < -0.3 is 5.11 Å². The van der Waals surface area contributed by atoms with E-state index in [0.29, 0.717) is 0 Å². The Bertz CT molecular complexity index is 564. The van der Waals surface area contributed by atoms with Crippen molar-refractivity contribution >= 4 is 34.4 Å². The van der Waals surface area contributed by atoms with Gasteiger partial charge in [0.15, 0.2) is 0 Å². The average Bonchev–Trinajstić information content (AvgIpc) is 2.52. The Balaban J connectivity index is 2.71. The summed E-state index contributed by atoms with van der Waals surface area (Å²) in [6.07, 6.45) is 6.41. The summed E-state index contributed by atoms with van der Waals surface area (Å²) in [5, 5.41) is 9.13. The molecule has 1 aromatic carbocycles. The molecular weight excluding hydrogens is 389 g/mol. The minimum Gasteiger partial charge on any atom is -0.465 e. The number of rotatable bonds is 7. The third-order valence-electron chi connectivity index (χ3n) is 3.55. The van der Waals surface area contributed by atoms with Crippen LogP contribution in [0.15, 0.2) is 47.6 Å². The number of alkyl halides is 1. The highest BCUT2D eigenvalue weighted by Gasteiger charge is 2.11. The molecule has 1 aromatic rings. The van der Waals surface area contributed by atoms with Gasteiger partial charge in [-0.1, -0.05) is 64.1 Å². The van der Waals surface area contributed by atoms with Gasteiger partial charge in [-0.2, -0.15) is 0 Å². The third-order valence-corrected chi connectivity index (χ3v) is 4.76. The molecule has 0 atom stereocenters. The fraction of sp³-hybridized carbons (Fsp3) is 0.389. The third kappa shape index (κ3) is 6.22. The molecule has 0 aliphatic carbocycles. The number of carbonyl (C=O) groups is 1. The average molecular weight is 413 g/mol. The number of carboxylic acid groups (broad SMARTS) is 1. The van der Waals surface area contributed by atoms with Gasteiger partial charge in [-0.05, 0) is 44.7 Å². The van der Waals surface area contributed by atoms with Crippen molar-refractivity contribution in [3.63, 3.8) is 0 Å². The van der Waals surface area contributed by atoms with Gasteiger partial charge in [0.05, 0.1) is 5.69 Å². The van der Waals surface area contributed by atoms with E-state index in [2.05, 4.69) is 48.6 Å². The number of para-hydroxylation sites is 1. The van der Waals surface area contributed by atoms with Crippen molar-refractivity contribution in [2.75, 3.05) is 16.4 Å². The van der Waals surface area contributed by atoms with Crippen molar-refractivity contribution < 1.29 is 9.90 Å². The summed E-state index contributed by atoms with van der Waals surface area (Å²) in [6.45, 7) is 4.29. The zero-order valence-corrected chi connectivity index (χ0v) is 15.6. The minimum atomic E-state index is -0.937. The molecule has 4 heteroatoms. The lowest BCUT2D eigenvalue weighted by atomic mass is 10.0. The van der Waals surface area contributed by atoms with E-state index in [9.17, 15) is 4.79 Å². The highest BCUT2D eigenvalue weighted by Crippen LogP contribution is 2.21. The van der Waals surface area contributed by atoms with Crippen molar-refractivity contribution in [2.24, 2.45) is 0 Å². The summed E-state index contributed by atoms with van der Waals surface area (Å²) >= 11 is 2.37. The van der Waals surface area contributed by atoms with E-state index in [1.807, 2.05) is 24.3 Å². The molecule has 0 aromatic heterocycles. The molecule has 0 saturated carbocycles. The summed E-state index contributed by atoms with van der Waals surface area (Å²) < 4.78 is 1.08. The SMILES string of the molecule is C/C(=C\CC/C(C)=C/Cc1ccccc1N(C)C(=O)O)CI. The second kappa shape index (κ2) is 9.66. The summed E-state index contributed by atoms with van der Waals surface area (Å²) in [7, 11) is 1.58.